The summed E-state index contributed by atoms with van der Waals surface area (Å²) in [5.74, 6) is 0.0499. The first-order valence-electron chi connectivity index (χ1n) is 7.12. The number of carbonyl (C=O) groups excluding carboxylic acids is 1. The van der Waals surface area contributed by atoms with Gasteiger partial charge in [0.2, 0.25) is 5.76 Å². The number of benzene rings is 1. The standard InChI is InChI=1S/C17H15N3O3/c21-17(19-11-13-6-8-18-9-7-13)15-10-16(20-23-15)22-12-14-4-2-1-3-5-14/h1-10H,11-12H2,(H,19,21). The first kappa shape index (κ1) is 14.8. The van der Waals surface area contributed by atoms with Crippen LogP contribution in [0, 0.1) is 0 Å². The Morgan fingerprint density at radius 2 is 1.87 bits per heavy atom. The minimum atomic E-state index is -0.344. The third kappa shape index (κ3) is 4.16. The molecule has 0 fully saturated rings. The van der Waals surface area contributed by atoms with Crippen molar-refractivity contribution in [2.24, 2.45) is 0 Å². The molecule has 1 aromatic carbocycles. The average molecular weight is 309 g/mol. The van der Waals surface area contributed by atoms with E-state index >= 15 is 0 Å². The van der Waals surface area contributed by atoms with Crippen molar-refractivity contribution in [1.82, 2.24) is 15.5 Å². The van der Waals surface area contributed by atoms with Gasteiger partial charge in [-0.3, -0.25) is 9.78 Å². The van der Waals surface area contributed by atoms with Crippen molar-refractivity contribution in [2.75, 3.05) is 0 Å². The Morgan fingerprint density at radius 3 is 2.65 bits per heavy atom. The number of carbonyl (C=O) groups is 1. The van der Waals surface area contributed by atoms with Crippen LogP contribution in [0.5, 0.6) is 5.88 Å². The molecule has 2 aromatic heterocycles. The van der Waals surface area contributed by atoms with Crippen LogP contribution < -0.4 is 10.1 Å². The van der Waals surface area contributed by atoms with Crippen LogP contribution in [0.3, 0.4) is 0 Å². The monoisotopic (exact) mass is 309 g/mol. The Morgan fingerprint density at radius 1 is 1.09 bits per heavy atom. The molecule has 3 aromatic rings. The predicted molar refractivity (Wildman–Crippen MR) is 82.7 cm³/mol. The van der Waals surface area contributed by atoms with Gasteiger partial charge in [-0.25, -0.2) is 0 Å². The normalized spacial score (nSPS) is 10.3. The lowest BCUT2D eigenvalue weighted by Crippen LogP contribution is -2.22. The first-order valence-corrected chi connectivity index (χ1v) is 7.12. The lowest BCUT2D eigenvalue weighted by molar-refractivity contribution is 0.0913. The van der Waals surface area contributed by atoms with Crippen LogP contribution in [0.15, 0.2) is 65.4 Å². The van der Waals surface area contributed by atoms with Gasteiger partial charge in [-0.2, -0.15) is 0 Å². The molecule has 0 unspecified atom stereocenters. The van der Waals surface area contributed by atoms with Gasteiger partial charge < -0.3 is 14.6 Å². The molecule has 23 heavy (non-hydrogen) atoms. The molecule has 0 aliphatic rings. The average Bonchev–Trinajstić information content (AvgIpc) is 3.09. The molecule has 116 valence electrons. The molecular weight excluding hydrogens is 294 g/mol. The molecular formula is C17H15N3O3. The summed E-state index contributed by atoms with van der Waals surface area (Å²) in [6.07, 6.45) is 3.34. The van der Waals surface area contributed by atoms with Crippen molar-refractivity contribution in [3.05, 3.63) is 77.8 Å². The number of ether oxygens (including phenoxy) is 1. The second-order valence-electron chi connectivity index (χ2n) is 4.84. The number of hydrogen-bond acceptors (Lipinski definition) is 5. The number of rotatable bonds is 6. The minimum absolute atomic E-state index is 0.113. The van der Waals surface area contributed by atoms with E-state index in [1.807, 2.05) is 42.5 Å². The Bertz CT molecular complexity index is 757. The molecule has 0 spiro atoms. The molecule has 0 radical (unpaired) electrons. The maximum Gasteiger partial charge on any atom is 0.290 e. The van der Waals surface area contributed by atoms with E-state index in [1.165, 1.54) is 6.07 Å². The summed E-state index contributed by atoms with van der Waals surface area (Å²) >= 11 is 0. The smallest absolute Gasteiger partial charge is 0.290 e. The number of nitrogens with one attached hydrogen (secondary N) is 1. The zero-order valence-electron chi connectivity index (χ0n) is 12.3. The highest BCUT2D eigenvalue weighted by Gasteiger charge is 2.13. The Balaban J connectivity index is 1.53. The summed E-state index contributed by atoms with van der Waals surface area (Å²) in [5, 5.41) is 6.49. The van der Waals surface area contributed by atoms with Crippen LogP contribution in [0.25, 0.3) is 0 Å². The molecule has 0 atom stereocenters. The second-order valence-corrected chi connectivity index (χ2v) is 4.84. The summed E-state index contributed by atoms with van der Waals surface area (Å²) in [5.41, 5.74) is 1.97. The SMILES string of the molecule is O=C(NCc1ccncc1)c1cc(OCc2ccccc2)no1. The van der Waals surface area contributed by atoms with E-state index in [0.29, 0.717) is 13.2 Å². The van der Waals surface area contributed by atoms with E-state index in [-0.39, 0.29) is 17.5 Å². The zero-order chi connectivity index (χ0) is 15.9. The molecule has 3 rings (SSSR count). The molecule has 6 heteroatoms. The van der Waals surface area contributed by atoms with Crippen LogP contribution in [0.4, 0.5) is 0 Å². The van der Waals surface area contributed by atoms with Crippen LogP contribution in [0.2, 0.25) is 0 Å². The third-order valence-corrected chi connectivity index (χ3v) is 3.14. The number of hydrogen-bond donors (Lipinski definition) is 1. The van der Waals surface area contributed by atoms with E-state index in [4.69, 9.17) is 9.26 Å². The highest BCUT2D eigenvalue weighted by atomic mass is 16.5. The number of pyridine rings is 1. The molecule has 0 saturated heterocycles. The van der Waals surface area contributed by atoms with Gasteiger partial charge in [0.1, 0.15) is 6.61 Å². The summed E-state index contributed by atoms with van der Waals surface area (Å²) in [4.78, 5) is 15.9. The fourth-order valence-electron chi connectivity index (χ4n) is 1.94. The van der Waals surface area contributed by atoms with Gasteiger partial charge in [0.05, 0.1) is 6.07 Å². The predicted octanol–water partition coefficient (Wildman–Crippen LogP) is 2.58. The first-order chi connectivity index (χ1) is 11.3. The zero-order valence-corrected chi connectivity index (χ0v) is 12.3. The summed E-state index contributed by atoms with van der Waals surface area (Å²) in [6, 6.07) is 14.8. The van der Waals surface area contributed by atoms with Crippen LogP contribution >= 0.6 is 0 Å². The molecule has 0 aliphatic carbocycles. The van der Waals surface area contributed by atoms with Gasteiger partial charge in [-0.15, -0.1) is 0 Å². The van der Waals surface area contributed by atoms with Gasteiger partial charge in [0, 0.05) is 18.9 Å². The third-order valence-electron chi connectivity index (χ3n) is 3.14. The number of nitrogens with zero attached hydrogens (tertiary/aromatic N) is 2. The Kier molecular flexibility index (Phi) is 4.63. The summed E-state index contributed by atoms with van der Waals surface area (Å²) < 4.78 is 10.5. The lowest BCUT2D eigenvalue weighted by atomic mass is 10.2. The topological polar surface area (TPSA) is 77.2 Å². The highest BCUT2D eigenvalue weighted by molar-refractivity contribution is 5.91. The largest absolute Gasteiger partial charge is 0.471 e. The molecule has 1 N–H and O–H groups in total. The summed E-state index contributed by atoms with van der Waals surface area (Å²) in [6.45, 7) is 0.758. The van der Waals surface area contributed by atoms with Gasteiger partial charge >= 0.3 is 0 Å². The van der Waals surface area contributed by atoms with Crippen molar-refractivity contribution in [3.63, 3.8) is 0 Å². The van der Waals surface area contributed by atoms with E-state index in [9.17, 15) is 4.79 Å². The van der Waals surface area contributed by atoms with Crippen molar-refractivity contribution in [1.29, 1.82) is 0 Å². The Hall–Kier alpha value is -3.15. The molecule has 2 heterocycles. The minimum Gasteiger partial charge on any atom is -0.471 e. The van der Waals surface area contributed by atoms with E-state index in [1.54, 1.807) is 12.4 Å². The van der Waals surface area contributed by atoms with Crippen molar-refractivity contribution < 1.29 is 14.1 Å². The van der Waals surface area contributed by atoms with Crippen molar-refractivity contribution in [2.45, 2.75) is 13.2 Å². The highest BCUT2D eigenvalue weighted by Crippen LogP contribution is 2.13. The fourth-order valence-corrected chi connectivity index (χ4v) is 1.94. The lowest BCUT2D eigenvalue weighted by Gasteiger charge is -2.02. The molecule has 1 amide bonds. The maximum atomic E-state index is 12.0. The molecule has 0 saturated carbocycles. The van der Waals surface area contributed by atoms with Gasteiger partial charge in [0.25, 0.3) is 11.8 Å². The molecule has 0 bridgehead atoms. The quantitative estimate of drug-likeness (QED) is 0.757. The fraction of sp³-hybridized carbons (Fsp3) is 0.118. The molecule has 0 aliphatic heterocycles. The Labute approximate surface area is 133 Å². The second kappa shape index (κ2) is 7.22. The maximum absolute atomic E-state index is 12.0. The van der Waals surface area contributed by atoms with Gasteiger partial charge in [-0.05, 0) is 28.4 Å². The van der Waals surface area contributed by atoms with Gasteiger partial charge in [-0.1, -0.05) is 30.3 Å². The number of amides is 1. The van der Waals surface area contributed by atoms with E-state index in [0.717, 1.165) is 11.1 Å². The molecule has 6 nitrogen and oxygen atoms in total. The van der Waals surface area contributed by atoms with Crippen LogP contribution in [0.1, 0.15) is 21.7 Å². The van der Waals surface area contributed by atoms with Crippen molar-refractivity contribution in [3.8, 4) is 5.88 Å². The summed E-state index contributed by atoms with van der Waals surface area (Å²) in [7, 11) is 0. The van der Waals surface area contributed by atoms with E-state index < -0.39 is 0 Å². The van der Waals surface area contributed by atoms with Crippen LogP contribution in [-0.2, 0) is 13.2 Å². The van der Waals surface area contributed by atoms with Gasteiger partial charge in [0.15, 0.2) is 0 Å². The number of aromatic nitrogens is 2. The van der Waals surface area contributed by atoms with Crippen LogP contribution in [-0.4, -0.2) is 16.0 Å². The van der Waals surface area contributed by atoms with Crippen molar-refractivity contribution >= 4 is 5.91 Å². The van der Waals surface area contributed by atoms with E-state index in [2.05, 4.69) is 15.5 Å².